The lowest BCUT2D eigenvalue weighted by molar-refractivity contribution is -0.122. The van der Waals surface area contributed by atoms with Gasteiger partial charge in [0, 0.05) is 30.8 Å². The van der Waals surface area contributed by atoms with Crippen LogP contribution >= 0.6 is 0 Å². The van der Waals surface area contributed by atoms with Gasteiger partial charge in [0.2, 0.25) is 5.91 Å². The third-order valence-corrected chi connectivity index (χ3v) is 5.00. The zero-order valence-corrected chi connectivity index (χ0v) is 14.2. The van der Waals surface area contributed by atoms with E-state index in [0.29, 0.717) is 6.54 Å². The van der Waals surface area contributed by atoms with Crippen LogP contribution in [0.2, 0.25) is 0 Å². The zero-order chi connectivity index (χ0) is 17.1. The Hall–Kier alpha value is -2.59. The molecule has 3 aromatic rings. The molecule has 1 saturated heterocycles. The molecule has 0 radical (unpaired) electrons. The molecule has 0 aliphatic carbocycles. The Morgan fingerprint density at radius 2 is 1.84 bits per heavy atom. The number of hydrogen-bond donors (Lipinski definition) is 2. The number of aromatic nitrogens is 1. The van der Waals surface area contributed by atoms with Crippen LogP contribution in [-0.2, 0) is 11.3 Å². The highest BCUT2D eigenvalue weighted by Crippen LogP contribution is 2.26. The second-order valence-corrected chi connectivity index (χ2v) is 6.62. The molecule has 0 bridgehead atoms. The lowest BCUT2D eigenvalue weighted by Gasteiger charge is -2.15. The Bertz CT molecular complexity index is 856. The topological polar surface area (TPSA) is 46.1 Å². The first-order valence-electron chi connectivity index (χ1n) is 8.94. The van der Waals surface area contributed by atoms with Gasteiger partial charge in [0.15, 0.2) is 0 Å². The Morgan fingerprint density at radius 1 is 1.04 bits per heavy atom. The molecule has 0 saturated carbocycles. The normalized spacial score (nSPS) is 20.0. The fraction of sp³-hybridized carbons (Fsp3) is 0.286. The fourth-order valence-corrected chi connectivity index (χ4v) is 3.66. The van der Waals surface area contributed by atoms with Gasteiger partial charge in [0.1, 0.15) is 0 Å². The van der Waals surface area contributed by atoms with E-state index in [1.54, 1.807) is 0 Å². The van der Waals surface area contributed by atoms with Crippen LogP contribution in [0.3, 0.4) is 0 Å². The van der Waals surface area contributed by atoms with Crippen molar-refractivity contribution in [2.45, 2.75) is 31.5 Å². The Kier molecular flexibility index (Phi) is 4.53. The average molecular weight is 333 g/mol. The number of nitrogens with zero attached hydrogens (tertiary/aromatic N) is 1. The zero-order valence-electron chi connectivity index (χ0n) is 14.2. The largest absolute Gasteiger partial charge is 0.353 e. The summed E-state index contributed by atoms with van der Waals surface area (Å²) in [4.78, 5) is 12.4. The van der Waals surface area contributed by atoms with Gasteiger partial charge in [-0.2, -0.15) is 0 Å². The lowest BCUT2D eigenvalue weighted by atomic mass is 10.1. The molecule has 2 N–H and O–H groups in total. The summed E-state index contributed by atoms with van der Waals surface area (Å²) in [5.74, 6) is 0.106. The molecule has 1 amide bonds. The average Bonchev–Trinajstić information content (AvgIpc) is 3.30. The van der Waals surface area contributed by atoms with Crippen molar-refractivity contribution < 1.29 is 4.79 Å². The van der Waals surface area contributed by atoms with Crippen LogP contribution in [0, 0.1) is 0 Å². The van der Waals surface area contributed by atoms with E-state index in [9.17, 15) is 4.79 Å². The second kappa shape index (κ2) is 7.11. The molecule has 0 spiro atoms. The van der Waals surface area contributed by atoms with Gasteiger partial charge >= 0.3 is 0 Å². The van der Waals surface area contributed by atoms with Gasteiger partial charge in [-0.05, 0) is 35.9 Å². The van der Waals surface area contributed by atoms with Crippen LogP contribution in [0.1, 0.15) is 24.4 Å². The number of carbonyl (C=O) groups is 1. The first-order valence-corrected chi connectivity index (χ1v) is 8.94. The molecule has 128 valence electrons. The van der Waals surface area contributed by atoms with E-state index < -0.39 is 0 Å². The summed E-state index contributed by atoms with van der Waals surface area (Å²) in [6.07, 6.45) is 3.97. The highest BCUT2D eigenvalue weighted by molar-refractivity contribution is 5.82. The van der Waals surface area contributed by atoms with Gasteiger partial charge in [-0.1, -0.05) is 48.5 Å². The molecule has 2 heterocycles. The molecule has 1 aromatic heterocycles. The van der Waals surface area contributed by atoms with Gasteiger partial charge in [0.25, 0.3) is 0 Å². The predicted octanol–water partition coefficient (Wildman–Crippen LogP) is 3.25. The summed E-state index contributed by atoms with van der Waals surface area (Å²) in [5, 5.41) is 7.77. The molecule has 1 fully saturated rings. The smallest absolute Gasteiger partial charge is 0.237 e. The van der Waals surface area contributed by atoms with E-state index in [2.05, 4.69) is 51.7 Å². The van der Waals surface area contributed by atoms with E-state index >= 15 is 0 Å². The van der Waals surface area contributed by atoms with Gasteiger partial charge in [-0.25, -0.2) is 0 Å². The summed E-state index contributed by atoms with van der Waals surface area (Å²) in [6.45, 7) is 1.43. The molecule has 4 rings (SSSR count). The van der Waals surface area contributed by atoms with Crippen LogP contribution in [-0.4, -0.2) is 23.1 Å². The number of benzene rings is 2. The third kappa shape index (κ3) is 3.44. The SMILES string of the molecule is O=C(NCCn1ccc2ccccc21)[C@H]1CC[C@H](c2ccccc2)N1. The van der Waals surface area contributed by atoms with Gasteiger partial charge in [-0.15, -0.1) is 0 Å². The summed E-state index contributed by atoms with van der Waals surface area (Å²) in [6, 6.07) is 21.0. The first-order chi connectivity index (χ1) is 12.3. The Balaban J connectivity index is 1.30. The highest BCUT2D eigenvalue weighted by Gasteiger charge is 2.29. The van der Waals surface area contributed by atoms with Gasteiger partial charge in [-0.3, -0.25) is 10.1 Å². The van der Waals surface area contributed by atoms with Crippen LogP contribution in [0.5, 0.6) is 0 Å². The van der Waals surface area contributed by atoms with Gasteiger partial charge in [0.05, 0.1) is 6.04 Å². The molecule has 4 heteroatoms. The van der Waals surface area contributed by atoms with Gasteiger partial charge < -0.3 is 9.88 Å². The maximum Gasteiger partial charge on any atom is 0.237 e. The van der Waals surface area contributed by atoms with Crippen LogP contribution in [0.25, 0.3) is 10.9 Å². The van der Waals surface area contributed by atoms with E-state index in [1.807, 2.05) is 30.3 Å². The molecule has 25 heavy (non-hydrogen) atoms. The Morgan fingerprint density at radius 3 is 2.72 bits per heavy atom. The minimum Gasteiger partial charge on any atom is -0.353 e. The quantitative estimate of drug-likeness (QED) is 0.753. The molecule has 1 aliphatic rings. The molecule has 2 atom stereocenters. The molecule has 0 unspecified atom stereocenters. The number of carbonyl (C=O) groups excluding carboxylic acids is 1. The van der Waals surface area contributed by atoms with Crippen LogP contribution in [0.15, 0.2) is 66.9 Å². The van der Waals surface area contributed by atoms with E-state index in [-0.39, 0.29) is 18.0 Å². The molecule has 2 aromatic carbocycles. The van der Waals surface area contributed by atoms with Crippen molar-refractivity contribution in [3.05, 3.63) is 72.4 Å². The molecule has 4 nitrogen and oxygen atoms in total. The number of rotatable bonds is 5. The number of para-hydroxylation sites is 1. The first kappa shape index (κ1) is 15.9. The number of nitrogens with one attached hydrogen (secondary N) is 2. The van der Waals surface area contributed by atoms with Crippen molar-refractivity contribution in [2.24, 2.45) is 0 Å². The van der Waals surface area contributed by atoms with Crippen molar-refractivity contribution in [3.8, 4) is 0 Å². The minimum atomic E-state index is -0.0911. The molecular weight excluding hydrogens is 310 g/mol. The number of amides is 1. The monoisotopic (exact) mass is 333 g/mol. The van der Waals surface area contributed by atoms with Crippen molar-refractivity contribution >= 4 is 16.8 Å². The lowest BCUT2D eigenvalue weighted by Crippen LogP contribution is -2.42. The highest BCUT2D eigenvalue weighted by atomic mass is 16.2. The number of fused-ring (bicyclic) bond motifs is 1. The summed E-state index contributed by atoms with van der Waals surface area (Å²) < 4.78 is 2.18. The summed E-state index contributed by atoms with van der Waals surface area (Å²) >= 11 is 0. The standard InChI is InChI=1S/C21H23N3O/c25-21(19-11-10-18(23-19)16-6-2-1-3-7-16)22-13-15-24-14-12-17-8-4-5-9-20(17)24/h1-9,12,14,18-19,23H,10-11,13,15H2,(H,22,25)/t18-,19-/m1/s1. The summed E-state index contributed by atoms with van der Waals surface area (Å²) in [5.41, 5.74) is 2.47. The minimum absolute atomic E-state index is 0.0911. The third-order valence-electron chi connectivity index (χ3n) is 5.00. The van der Waals surface area contributed by atoms with Crippen molar-refractivity contribution in [1.29, 1.82) is 0 Å². The van der Waals surface area contributed by atoms with Crippen LogP contribution < -0.4 is 10.6 Å². The van der Waals surface area contributed by atoms with E-state index in [4.69, 9.17) is 0 Å². The number of hydrogen-bond acceptors (Lipinski definition) is 2. The summed E-state index contributed by atoms with van der Waals surface area (Å²) in [7, 11) is 0. The van der Waals surface area contributed by atoms with Crippen LogP contribution in [0.4, 0.5) is 0 Å². The van der Waals surface area contributed by atoms with Crippen molar-refractivity contribution in [2.75, 3.05) is 6.54 Å². The molecule has 1 aliphatic heterocycles. The Labute approximate surface area is 147 Å². The fourth-order valence-electron chi connectivity index (χ4n) is 3.66. The second-order valence-electron chi connectivity index (χ2n) is 6.62. The maximum absolute atomic E-state index is 12.4. The van der Waals surface area contributed by atoms with E-state index in [0.717, 1.165) is 19.4 Å². The maximum atomic E-state index is 12.4. The predicted molar refractivity (Wildman–Crippen MR) is 100 cm³/mol. The van der Waals surface area contributed by atoms with Crippen molar-refractivity contribution in [1.82, 2.24) is 15.2 Å². The van der Waals surface area contributed by atoms with E-state index in [1.165, 1.54) is 16.5 Å². The molecular formula is C21H23N3O. The van der Waals surface area contributed by atoms with Crippen molar-refractivity contribution in [3.63, 3.8) is 0 Å².